The van der Waals surface area contributed by atoms with E-state index in [0.29, 0.717) is 25.6 Å². The van der Waals surface area contributed by atoms with Gasteiger partial charge in [-0.2, -0.15) is 0 Å². The molecule has 0 spiro atoms. The van der Waals surface area contributed by atoms with Crippen molar-refractivity contribution in [2.75, 3.05) is 13.1 Å². The summed E-state index contributed by atoms with van der Waals surface area (Å²) in [4.78, 5) is 31.8. The van der Waals surface area contributed by atoms with E-state index in [2.05, 4.69) is 4.98 Å². The van der Waals surface area contributed by atoms with Crippen molar-refractivity contribution in [2.24, 2.45) is 5.92 Å². The normalized spacial score (nSPS) is 20.5. The summed E-state index contributed by atoms with van der Waals surface area (Å²) in [6, 6.07) is 16.9. The highest BCUT2D eigenvalue weighted by atomic mass is 16.2. The third-order valence-corrected chi connectivity index (χ3v) is 5.87. The maximum absolute atomic E-state index is 13.0. The fourth-order valence-electron chi connectivity index (χ4n) is 4.71. The maximum Gasteiger partial charge on any atom is 0.253 e. The lowest BCUT2D eigenvalue weighted by atomic mass is 9.80. The molecule has 1 amide bonds. The molecule has 5 nitrogen and oxygen atoms in total. The van der Waals surface area contributed by atoms with E-state index in [1.807, 2.05) is 64.2 Å². The molecule has 1 aromatic carbocycles. The first-order chi connectivity index (χ1) is 13.7. The van der Waals surface area contributed by atoms with Crippen LogP contribution in [0, 0.1) is 5.92 Å². The number of hydrogen-bond acceptors (Lipinski definition) is 3. The number of carbonyl (C=O) groups is 1. The molecule has 0 radical (unpaired) electrons. The number of rotatable bonds is 2. The molecule has 0 N–H and O–H groups in total. The van der Waals surface area contributed by atoms with Crippen molar-refractivity contribution in [1.82, 2.24) is 14.5 Å². The average Bonchev–Trinajstić information content (AvgIpc) is 2.75. The molecule has 1 saturated heterocycles. The molecule has 3 aromatic rings. The number of pyridine rings is 2. The molecule has 140 valence electrons. The molecule has 0 saturated carbocycles. The molecule has 0 aliphatic carbocycles. The summed E-state index contributed by atoms with van der Waals surface area (Å²) in [6.07, 6.45) is 4.60. The Hall–Kier alpha value is -3.21. The second-order valence-corrected chi connectivity index (χ2v) is 7.70. The van der Waals surface area contributed by atoms with Crippen LogP contribution in [0.5, 0.6) is 0 Å². The van der Waals surface area contributed by atoms with Crippen molar-refractivity contribution in [1.29, 1.82) is 0 Å². The predicted octanol–water partition coefficient (Wildman–Crippen LogP) is 3.17. The number of aromatic nitrogens is 2. The van der Waals surface area contributed by atoms with Gasteiger partial charge >= 0.3 is 0 Å². The SMILES string of the molecule is O=C(c1ccccc1)N1CC2CC(C1)c1c(-c3cccnc3)ccc(=O)n1C2. The zero-order valence-corrected chi connectivity index (χ0v) is 15.5. The minimum absolute atomic E-state index is 0.0418. The van der Waals surface area contributed by atoms with E-state index in [-0.39, 0.29) is 17.4 Å². The number of hydrogen-bond donors (Lipinski definition) is 0. The van der Waals surface area contributed by atoms with Crippen molar-refractivity contribution in [2.45, 2.75) is 18.9 Å². The fourth-order valence-corrected chi connectivity index (χ4v) is 4.71. The van der Waals surface area contributed by atoms with Crippen molar-refractivity contribution >= 4 is 5.91 Å². The molecule has 4 heterocycles. The van der Waals surface area contributed by atoms with Crippen LogP contribution >= 0.6 is 0 Å². The van der Waals surface area contributed by atoms with Crippen LogP contribution in [0.4, 0.5) is 0 Å². The summed E-state index contributed by atoms with van der Waals surface area (Å²) in [5.41, 5.74) is 3.87. The van der Waals surface area contributed by atoms with E-state index in [4.69, 9.17) is 0 Å². The highest BCUT2D eigenvalue weighted by molar-refractivity contribution is 5.94. The Bertz CT molecular complexity index is 1080. The molecule has 5 heteroatoms. The van der Waals surface area contributed by atoms with Gasteiger partial charge in [0.15, 0.2) is 0 Å². The van der Waals surface area contributed by atoms with Crippen LogP contribution < -0.4 is 5.56 Å². The molecule has 2 aliphatic heterocycles. The Morgan fingerprint density at radius 3 is 2.61 bits per heavy atom. The second-order valence-electron chi connectivity index (χ2n) is 7.70. The second kappa shape index (κ2) is 6.75. The van der Waals surface area contributed by atoms with Gasteiger partial charge in [-0.1, -0.05) is 24.3 Å². The molecule has 2 atom stereocenters. The fraction of sp³-hybridized carbons (Fsp3) is 0.261. The molecule has 2 unspecified atom stereocenters. The Morgan fingerprint density at radius 2 is 1.82 bits per heavy atom. The van der Waals surface area contributed by atoms with Gasteiger partial charge in [0, 0.05) is 66.4 Å². The molecule has 2 bridgehead atoms. The molecule has 1 fully saturated rings. The van der Waals surface area contributed by atoms with Crippen molar-refractivity contribution in [3.63, 3.8) is 0 Å². The van der Waals surface area contributed by atoms with E-state index in [1.54, 1.807) is 12.3 Å². The largest absolute Gasteiger partial charge is 0.338 e. The minimum Gasteiger partial charge on any atom is -0.338 e. The minimum atomic E-state index is 0.0418. The molecular weight excluding hydrogens is 350 g/mol. The van der Waals surface area contributed by atoms with E-state index >= 15 is 0 Å². The van der Waals surface area contributed by atoms with Gasteiger partial charge in [-0.05, 0) is 36.6 Å². The molecule has 5 rings (SSSR count). The van der Waals surface area contributed by atoms with Crippen LogP contribution in [0.25, 0.3) is 11.1 Å². The topological polar surface area (TPSA) is 55.2 Å². The van der Waals surface area contributed by atoms with Crippen LogP contribution in [0.2, 0.25) is 0 Å². The Morgan fingerprint density at radius 1 is 0.964 bits per heavy atom. The quantitative estimate of drug-likeness (QED) is 0.695. The maximum atomic E-state index is 13.0. The van der Waals surface area contributed by atoms with E-state index < -0.39 is 0 Å². The van der Waals surface area contributed by atoms with Crippen LogP contribution in [0.1, 0.15) is 28.4 Å². The molecule has 2 aliphatic rings. The average molecular weight is 371 g/mol. The van der Waals surface area contributed by atoms with Crippen molar-refractivity contribution < 1.29 is 4.79 Å². The zero-order valence-electron chi connectivity index (χ0n) is 15.5. The van der Waals surface area contributed by atoms with Crippen LogP contribution in [0.15, 0.2) is 71.8 Å². The van der Waals surface area contributed by atoms with Gasteiger partial charge in [0.2, 0.25) is 0 Å². The first-order valence-corrected chi connectivity index (χ1v) is 9.69. The highest BCUT2D eigenvalue weighted by Crippen LogP contribution is 2.40. The summed E-state index contributed by atoms with van der Waals surface area (Å²) in [7, 11) is 0. The molecule has 28 heavy (non-hydrogen) atoms. The van der Waals surface area contributed by atoms with Gasteiger partial charge in [0.1, 0.15) is 0 Å². The summed E-state index contributed by atoms with van der Waals surface area (Å²) < 4.78 is 1.92. The lowest BCUT2D eigenvalue weighted by Gasteiger charge is -2.43. The summed E-state index contributed by atoms with van der Waals surface area (Å²) >= 11 is 0. The first-order valence-electron chi connectivity index (χ1n) is 9.69. The number of carbonyl (C=O) groups excluding carboxylic acids is 1. The predicted molar refractivity (Wildman–Crippen MR) is 107 cm³/mol. The zero-order chi connectivity index (χ0) is 19.1. The number of nitrogens with zero attached hydrogens (tertiary/aromatic N) is 3. The third-order valence-electron chi connectivity index (χ3n) is 5.87. The van der Waals surface area contributed by atoms with Gasteiger partial charge in [0.25, 0.3) is 11.5 Å². The summed E-state index contributed by atoms with van der Waals surface area (Å²) in [6.45, 7) is 2.01. The monoisotopic (exact) mass is 371 g/mol. The number of benzene rings is 1. The number of fused-ring (bicyclic) bond motifs is 4. The van der Waals surface area contributed by atoms with Gasteiger partial charge < -0.3 is 9.47 Å². The number of likely N-dealkylation sites (tertiary alicyclic amines) is 1. The van der Waals surface area contributed by atoms with Crippen molar-refractivity contribution in [3.8, 4) is 11.1 Å². The van der Waals surface area contributed by atoms with Gasteiger partial charge in [-0.25, -0.2) is 0 Å². The van der Waals surface area contributed by atoms with E-state index in [0.717, 1.165) is 28.8 Å². The number of amides is 1. The lowest BCUT2D eigenvalue weighted by Crippen LogP contribution is -2.49. The van der Waals surface area contributed by atoms with Gasteiger partial charge in [-0.3, -0.25) is 14.6 Å². The van der Waals surface area contributed by atoms with Crippen LogP contribution in [0.3, 0.4) is 0 Å². The Kier molecular flexibility index (Phi) is 4.08. The summed E-state index contributed by atoms with van der Waals surface area (Å²) in [5.74, 6) is 0.537. The van der Waals surface area contributed by atoms with Crippen molar-refractivity contribution in [3.05, 3.63) is 88.6 Å². The molecule has 2 aromatic heterocycles. The van der Waals surface area contributed by atoms with Crippen LogP contribution in [-0.4, -0.2) is 33.4 Å². The number of piperidine rings is 1. The molecular formula is C23H21N3O2. The summed E-state index contributed by atoms with van der Waals surface area (Å²) in [5, 5.41) is 0. The van der Waals surface area contributed by atoms with Crippen LogP contribution in [-0.2, 0) is 6.54 Å². The van der Waals surface area contributed by atoms with Gasteiger partial charge in [-0.15, -0.1) is 0 Å². The smallest absolute Gasteiger partial charge is 0.253 e. The third kappa shape index (κ3) is 2.83. The van der Waals surface area contributed by atoms with Gasteiger partial charge in [0.05, 0.1) is 0 Å². The van der Waals surface area contributed by atoms with E-state index in [9.17, 15) is 9.59 Å². The Labute approximate surface area is 163 Å². The first kappa shape index (κ1) is 16.9. The Balaban J connectivity index is 1.55. The standard InChI is InChI=1S/C23H21N3O2/c27-21-9-8-20(18-7-4-10-24-12-18)22-19-11-16(14-26(21)22)13-25(15-19)23(28)17-5-2-1-3-6-17/h1-10,12,16,19H,11,13-15H2. The van der Waals surface area contributed by atoms with E-state index in [1.165, 1.54) is 0 Å². The lowest BCUT2D eigenvalue weighted by molar-refractivity contribution is 0.0595. The highest BCUT2D eigenvalue weighted by Gasteiger charge is 2.38.